The van der Waals surface area contributed by atoms with E-state index < -0.39 is 0 Å². The lowest BCUT2D eigenvalue weighted by Gasteiger charge is -2.36. The Balaban J connectivity index is 2.29. The number of benzene rings is 1. The Hall–Kier alpha value is -0.740. The summed E-state index contributed by atoms with van der Waals surface area (Å²) in [5.41, 5.74) is 1.88. The lowest BCUT2D eigenvalue weighted by molar-refractivity contribution is 0.574. The highest BCUT2D eigenvalue weighted by atomic mass is 32.2. The van der Waals surface area contributed by atoms with Gasteiger partial charge >= 0.3 is 0 Å². The topological polar surface area (TPSA) is 15.3 Å². The van der Waals surface area contributed by atoms with E-state index >= 15 is 0 Å². The van der Waals surface area contributed by atoms with Crippen molar-refractivity contribution in [3.8, 4) is 0 Å². The second-order valence-electron chi connectivity index (χ2n) is 5.30. The first-order chi connectivity index (χ1) is 9.67. The Bertz CT molecular complexity index is 438. The quantitative estimate of drug-likeness (QED) is 0.889. The van der Waals surface area contributed by atoms with Crippen molar-refractivity contribution in [1.82, 2.24) is 5.32 Å². The van der Waals surface area contributed by atoms with E-state index in [2.05, 4.69) is 37.1 Å². The zero-order chi connectivity index (χ0) is 14.5. The van der Waals surface area contributed by atoms with Crippen LogP contribution in [0, 0.1) is 5.82 Å². The molecule has 0 spiro atoms. The Morgan fingerprint density at radius 3 is 2.95 bits per heavy atom. The van der Waals surface area contributed by atoms with E-state index in [1.807, 2.05) is 17.8 Å². The lowest BCUT2D eigenvalue weighted by atomic mass is 10.0. The zero-order valence-electron chi connectivity index (χ0n) is 12.7. The molecular weight excluding hydrogens is 271 g/mol. The van der Waals surface area contributed by atoms with Gasteiger partial charge in [0.25, 0.3) is 0 Å². The summed E-state index contributed by atoms with van der Waals surface area (Å²) in [7, 11) is 0. The monoisotopic (exact) mass is 296 g/mol. The maximum atomic E-state index is 14.4. The standard InChI is InChI=1S/C16H25FN2S/c1-4-13-11-19(9-10-20-13)16-14(12(3)18-5-2)7-6-8-15(16)17/h6-8,12-13,18H,4-5,9-11H2,1-3H3. The SMILES string of the molecule is CCNC(C)c1cccc(F)c1N1CCSC(CC)C1. The highest BCUT2D eigenvalue weighted by Gasteiger charge is 2.24. The van der Waals surface area contributed by atoms with Gasteiger partial charge in [-0.15, -0.1) is 0 Å². The van der Waals surface area contributed by atoms with Crippen LogP contribution in [0.1, 0.15) is 38.8 Å². The van der Waals surface area contributed by atoms with Gasteiger partial charge in [0, 0.05) is 30.1 Å². The van der Waals surface area contributed by atoms with Crippen LogP contribution in [-0.4, -0.2) is 30.6 Å². The summed E-state index contributed by atoms with van der Waals surface area (Å²) < 4.78 is 14.4. The molecule has 2 unspecified atom stereocenters. The average molecular weight is 296 g/mol. The number of thioether (sulfide) groups is 1. The maximum Gasteiger partial charge on any atom is 0.146 e. The molecule has 0 amide bonds. The van der Waals surface area contributed by atoms with Crippen molar-refractivity contribution in [3.05, 3.63) is 29.6 Å². The van der Waals surface area contributed by atoms with Crippen molar-refractivity contribution in [1.29, 1.82) is 0 Å². The summed E-state index contributed by atoms with van der Waals surface area (Å²) in [5.74, 6) is 0.996. The molecule has 1 fully saturated rings. The van der Waals surface area contributed by atoms with E-state index in [1.54, 1.807) is 6.07 Å². The number of anilines is 1. The van der Waals surface area contributed by atoms with Crippen LogP contribution in [0.15, 0.2) is 18.2 Å². The summed E-state index contributed by atoms with van der Waals surface area (Å²) >= 11 is 2.01. The van der Waals surface area contributed by atoms with Crippen molar-refractivity contribution in [3.63, 3.8) is 0 Å². The molecule has 2 nitrogen and oxygen atoms in total. The van der Waals surface area contributed by atoms with E-state index in [0.29, 0.717) is 5.25 Å². The summed E-state index contributed by atoms with van der Waals surface area (Å²) in [6.45, 7) is 9.19. The minimum absolute atomic E-state index is 0.0889. The molecule has 0 bridgehead atoms. The van der Waals surface area contributed by atoms with Crippen LogP contribution in [0.4, 0.5) is 10.1 Å². The van der Waals surface area contributed by atoms with Crippen LogP contribution in [0.3, 0.4) is 0 Å². The molecule has 0 radical (unpaired) electrons. The van der Waals surface area contributed by atoms with Crippen LogP contribution in [0.5, 0.6) is 0 Å². The van der Waals surface area contributed by atoms with Crippen LogP contribution < -0.4 is 10.2 Å². The molecule has 4 heteroatoms. The zero-order valence-corrected chi connectivity index (χ0v) is 13.5. The number of halogens is 1. The van der Waals surface area contributed by atoms with Crippen LogP contribution >= 0.6 is 11.8 Å². The number of nitrogens with one attached hydrogen (secondary N) is 1. The Kier molecular flexibility index (Phi) is 5.73. The number of hydrogen-bond acceptors (Lipinski definition) is 3. The van der Waals surface area contributed by atoms with Crippen molar-refractivity contribution in [2.75, 3.05) is 30.3 Å². The van der Waals surface area contributed by atoms with Gasteiger partial charge in [0.05, 0.1) is 5.69 Å². The summed E-state index contributed by atoms with van der Waals surface area (Å²) in [5, 5.41) is 4.01. The molecule has 1 aliphatic heterocycles. The normalized spacial score (nSPS) is 21.0. The summed E-state index contributed by atoms with van der Waals surface area (Å²) in [6, 6.07) is 5.63. The van der Waals surface area contributed by atoms with Gasteiger partial charge in [-0.3, -0.25) is 0 Å². The van der Waals surface area contributed by atoms with Gasteiger partial charge in [0.2, 0.25) is 0 Å². The second kappa shape index (κ2) is 7.32. The van der Waals surface area contributed by atoms with Crippen molar-refractivity contribution >= 4 is 17.4 Å². The van der Waals surface area contributed by atoms with Crippen molar-refractivity contribution in [2.24, 2.45) is 0 Å². The Labute approximate surface area is 126 Å². The van der Waals surface area contributed by atoms with Gasteiger partial charge in [0.1, 0.15) is 5.82 Å². The number of nitrogens with zero attached hydrogens (tertiary/aromatic N) is 1. The summed E-state index contributed by atoms with van der Waals surface area (Å²) in [4.78, 5) is 2.24. The fourth-order valence-electron chi connectivity index (χ4n) is 2.80. The van der Waals surface area contributed by atoms with E-state index in [1.165, 1.54) is 0 Å². The molecule has 1 aliphatic rings. The molecule has 0 saturated carbocycles. The molecule has 1 heterocycles. The van der Waals surface area contributed by atoms with E-state index in [4.69, 9.17) is 0 Å². The van der Waals surface area contributed by atoms with Crippen molar-refractivity contribution < 1.29 is 4.39 Å². The third-order valence-corrected chi connectivity index (χ3v) is 5.28. The Morgan fingerprint density at radius 2 is 2.25 bits per heavy atom. The minimum atomic E-state index is -0.0889. The predicted molar refractivity (Wildman–Crippen MR) is 87.2 cm³/mol. The first-order valence-electron chi connectivity index (χ1n) is 7.55. The molecule has 0 aromatic heterocycles. The molecule has 1 N–H and O–H groups in total. The van der Waals surface area contributed by atoms with Gasteiger partial charge < -0.3 is 10.2 Å². The predicted octanol–water partition coefficient (Wildman–Crippen LogP) is 3.83. The lowest BCUT2D eigenvalue weighted by Crippen LogP contribution is -2.39. The fraction of sp³-hybridized carbons (Fsp3) is 0.625. The maximum absolute atomic E-state index is 14.4. The largest absolute Gasteiger partial charge is 0.367 e. The molecule has 0 aliphatic carbocycles. The number of rotatable bonds is 5. The highest BCUT2D eigenvalue weighted by molar-refractivity contribution is 8.00. The molecule has 1 aromatic rings. The van der Waals surface area contributed by atoms with Crippen molar-refractivity contribution in [2.45, 2.75) is 38.5 Å². The first kappa shape index (κ1) is 15.6. The molecule has 2 atom stereocenters. The van der Waals surface area contributed by atoms with Crippen LogP contribution in [-0.2, 0) is 0 Å². The molecule has 2 rings (SSSR count). The molecule has 1 saturated heterocycles. The van der Waals surface area contributed by atoms with Gasteiger partial charge in [-0.05, 0) is 31.5 Å². The smallest absolute Gasteiger partial charge is 0.146 e. The molecule has 1 aromatic carbocycles. The third kappa shape index (κ3) is 3.47. The Morgan fingerprint density at radius 1 is 1.45 bits per heavy atom. The van der Waals surface area contributed by atoms with Crippen LogP contribution in [0.25, 0.3) is 0 Å². The molecule has 20 heavy (non-hydrogen) atoms. The number of hydrogen-bond donors (Lipinski definition) is 1. The fourth-order valence-corrected chi connectivity index (χ4v) is 3.98. The van der Waals surface area contributed by atoms with Gasteiger partial charge in [0.15, 0.2) is 0 Å². The van der Waals surface area contributed by atoms with E-state index in [-0.39, 0.29) is 11.9 Å². The third-order valence-electron chi connectivity index (χ3n) is 3.91. The molecule has 112 valence electrons. The van der Waals surface area contributed by atoms with Gasteiger partial charge in [-0.25, -0.2) is 4.39 Å². The van der Waals surface area contributed by atoms with E-state index in [0.717, 1.165) is 43.1 Å². The highest BCUT2D eigenvalue weighted by Crippen LogP contribution is 2.33. The molecular formula is C16H25FN2S. The summed E-state index contributed by atoms with van der Waals surface area (Å²) in [6.07, 6.45) is 1.15. The average Bonchev–Trinajstić information content (AvgIpc) is 2.47. The van der Waals surface area contributed by atoms with Crippen LogP contribution in [0.2, 0.25) is 0 Å². The number of para-hydroxylation sites is 1. The first-order valence-corrected chi connectivity index (χ1v) is 8.60. The van der Waals surface area contributed by atoms with Gasteiger partial charge in [-0.1, -0.05) is 26.0 Å². The second-order valence-corrected chi connectivity index (χ2v) is 6.71. The minimum Gasteiger partial charge on any atom is -0.367 e. The van der Waals surface area contributed by atoms with E-state index in [9.17, 15) is 4.39 Å². The van der Waals surface area contributed by atoms with Gasteiger partial charge in [-0.2, -0.15) is 11.8 Å².